The van der Waals surface area contributed by atoms with Gasteiger partial charge in [-0.2, -0.15) is 21.6 Å². The number of carbonyl (C=O) groups is 1. The molecule has 8 nitrogen and oxygen atoms in total. The highest BCUT2D eigenvalue weighted by Gasteiger charge is 2.58. The summed E-state index contributed by atoms with van der Waals surface area (Å²) in [6.45, 7) is 13.0. The van der Waals surface area contributed by atoms with E-state index in [-0.39, 0.29) is 38.7 Å². The average molecular weight is 606 g/mol. The van der Waals surface area contributed by atoms with Gasteiger partial charge in [0.1, 0.15) is 11.9 Å². The fourth-order valence-corrected chi connectivity index (χ4v) is 11.1. The van der Waals surface area contributed by atoms with E-state index in [1.54, 1.807) is 0 Å². The number of carbonyl (C=O) groups excluding carboxylic acids is 1. The van der Waals surface area contributed by atoms with Crippen LogP contribution < -0.4 is 4.43 Å². The van der Waals surface area contributed by atoms with Gasteiger partial charge in [0.15, 0.2) is 5.82 Å². The fourth-order valence-electron chi connectivity index (χ4n) is 4.96. The van der Waals surface area contributed by atoms with Crippen molar-refractivity contribution >= 4 is 41.7 Å². The molecule has 2 atom stereocenters. The van der Waals surface area contributed by atoms with Crippen molar-refractivity contribution in [1.29, 1.82) is 0 Å². The molecule has 1 aromatic rings. The molecule has 0 bridgehead atoms. The second kappa shape index (κ2) is 11.3. The van der Waals surface area contributed by atoms with Crippen molar-refractivity contribution in [2.24, 2.45) is 5.16 Å². The van der Waals surface area contributed by atoms with Crippen molar-refractivity contribution < 1.29 is 49.0 Å². The Kier molecular flexibility index (Phi) is 9.61. The molecule has 0 N–H and O–H groups in total. The van der Waals surface area contributed by atoms with Crippen molar-refractivity contribution in [2.45, 2.75) is 88.7 Å². The van der Waals surface area contributed by atoms with Gasteiger partial charge in [-0.05, 0) is 35.7 Å². The summed E-state index contributed by atoms with van der Waals surface area (Å²) in [4.78, 5) is 17.8. The van der Waals surface area contributed by atoms with Crippen LogP contribution in [0.2, 0.25) is 21.6 Å². The van der Waals surface area contributed by atoms with Gasteiger partial charge < -0.3 is 14.0 Å². The quantitative estimate of drug-likeness (QED) is 0.101. The number of hydrogen-bond acceptors (Lipinski definition) is 8. The van der Waals surface area contributed by atoms with Gasteiger partial charge in [-0.1, -0.05) is 58.3 Å². The van der Waals surface area contributed by atoms with Gasteiger partial charge in [0.05, 0.1) is 24.3 Å². The second-order valence-electron chi connectivity index (χ2n) is 10.0. The van der Waals surface area contributed by atoms with Gasteiger partial charge in [-0.3, -0.25) is 4.18 Å². The normalized spacial score (nSPS) is 19.5. The minimum Gasteiger partial charge on any atom is -0.541 e. The Hall–Kier alpha value is -1.90. The van der Waals surface area contributed by atoms with E-state index in [1.165, 1.54) is 6.07 Å². The first-order valence-electron chi connectivity index (χ1n) is 11.8. The van der Waals surface area contributed by atoms with E-state index in [2.05, 4.69) is 14.1 Å². The third-order valence-corrected chi connectivity index (χ3v) is 14.2. The van der Waals surface area contributed by atoms with Gasteiger partial charge in [0.25, 0.3) is 13.9 Å². The van der Waals surface area contributed by atoms with Gasteiger partial charge >= 0.3 is 21.6 Å². The number of nitrogens with zero attached hydrogens (tertiary/aromatic N) is 1. The molecule has 0 aliphatic carbocycles. The summed E-state index contributed by atoms with van der Waals surface area (Å²) in [6, 6.07) is 2.29. The summed E-state index contributed by atoms with van der Waals surface area (Å²) in [7, 11) is -7.78. The Balaban J connectivity index is 2.53. The summed E-state index contributed by atoms with van der Waals surface area (Å²) in [6.07, 6.45) is -2.60. The van der Waals surface area contributed by atoms with E-state index < -0.39 is 53.9 Å². The van der Waals surface area contributed by atoms with Gasteiger partial charge in [0, 0.05) is 5.56 Å². The molecular weight excluding hydrogens is 574 g/mol. The number of oxime groups is 1. The Bertz CT molecular complexity index is 1170. The summed E-state index contributed by atoms with van der Waals surface area (Å²) < 4.78 is 92.3. The van der Waals surface area contributed by atoms with Crippen molar-refractivity contribution in [1.82, 2.24) is 0 Å². The first-order valence-corrected chi connectivity index (χ1v) is 15.7. The molecule has 0 amide bonds. The highest BCUT2D eigenvalue weighted by Crippen LogP contribution is 2.44. The lowest BCUT2D eigenvalue weighted by atomic mass is 9.89. The van der Waals surface area contributed by atoms with E-state index >= 15 is 4.39 Å². The van der Waals surface area contributed by atoms with E-state index in [1.807, 2.05) is 41.5 Å². The zero-order chi connectivity index (χ0) is 29.4. The van der Waals surface area contributed by atoms with Gasteiger partial charge in [-0.15, -0.1) is 0 Å². The summed E-state index contributed by atoms with van der Waals surface area (Å²) in [5, 5.41) is 3.65. The predicted molar refractivity (Wildman–Crippen MR) is 136 cm³/mol. The number of alkyl halides is 3. The fraction of sp³-hybridized carbons (Fsp3) is 0.652. The van der Waals surface area contributed by atoms with Crippen LogP contribution in [0.4, 0.5) is 17.6 Å². The van der Waals surface area contributed by atoms with Crippen molar-refractivity contribution in [3.8, 4) is 5.75 Å². The predicted octanol–water partition coefficient (Wildman–Crippen LogP) is 6.32. The third-order valence-electron chi connectivity index (χ3n) is 6.82. The summed E-state index contributed by atoms with van der Waals surface area (Å²) in [5.41, 5.74) is -7.81. The summed E-state index contributed by atoms with van der Waals surface area (Å²) in [5.74, 6) is -2.07. The topological polar surface area (TPSA) is 100 Å². The molecule has 2 rings (SSSR count). The molecule has 1 aliphatic heterocycles. The molecule has 38 heavy (non-hydrogen) atoms. The molecule has 2 unspecified atom stereocenters. The van der Waals surface area contributed by atoms with Crippen LogP contribution in [0.1, 0.15) is 60.5 Å². The molecule has 1 heterocycles. The maximum absolute atomic E-state index is 15.1. The van der Waals surface area contributed by atoms with Crippen molar-refractivity contribution in [3.63, 3.8) is 0 Å². The first kappa shape index (κ1) is 32.3. The molecule has 0 radical (unpaired) electrons. The van der Waals surface area contributed by atoms with E-state index in [0.717, 1.165) is 20.1 Å². The largest absolute Gasteiger partial charge is 0.541 e. The number of methoxy groups -OCH3 is 1. The molecule has 0 spiro atoms. The molecular formula is C23H32ClF4NO7SSi. The number of hydrogen-bond donors (Lipinski definition) is 0. The number of esters is 1. The van der Waals surface area contributed by atoms with Crippen molar-refractivity contribution in [2.75, 3.05) is 7.11 Å². The summed E-state index contributed by atoms with van der Waals surface area (Å²) >= 11 is 6.28. The highest BCUT2D eigenvalue weighted by molar-refractivity contribution is 7.87. The zero-order valence-corrected chi connectivity index (χ0v) is 24.8. The number of halogens is 5. The Morgan fingerprint density at radius 1 is 1.11 bits per heavy atom. The molecule has 0 fully saturated rings. The highest BCUT2D eigenvalue weighted by atomic mass is 35.5. The van der Waals surface area contributed by atoms with Crippen LogP contribution in [0.25, 0.3) is 0 Å². The Labute approximate surface area is 225 Å². The lowest BCUT2D eigenvalue weighted by Crippen LogP contribution is -2.52. The van der Waals surface area contributed by atoms with Crippen LogP contribution in [0.3, 0.4) is 0 Å². The van der Waals surface area contributed by atoms with Crippen LogP contribution >= 0.6 is 11.6 Å². The molecule has 0 saturated carbocycles. The van der Waals surface area contributed by atoms with E-state index in [0.29, 0.717) is 0 Å². The average Bonchev–Trinajstić information content (AvgIpc) is 3.22. The van der Waals surface area contributed by atoms with Crippen LogP contribution in [-0.2, 0) is 28.7 Å². The molecule has 216 valence electrons. The third kappa shape index (κ3) is 5.82. The van der Waals surface area contributed by atoms with Crippen LogP contribution in [0.5, 0.6) is 5.75 Å². The van der Waals surface area contributed by atoms with Crippen LogP contribution in [0, 0.1) is 5.82 Å². The van der Waals surface area contributed by atoms with E-state index in [4.69, 9.17) is 20.9 Å². The molecule has 15 heteroatoms. The lowest BCUT2D eigenvalue weighted by Gasteiger charge is -2.42. The smallest absolute Gasteiger partial charge is 0.523 e. The minimum atomic E-state index is -6.09. The van der Waals surface area contributed by atoms with Crippen LogP contribution in [-0.4, -0.2) is 52.7 Å². The lowest BCUT2D eigenvalue weighted by molar-refractivity contribution is -0.178. The molecule has 1 aromatic carbocycles. The standard InChI is InChI=1S/C23H32ClF4NO7SSi/c1-12(2)38(13(3)4,14(5)6)35-20-9-16(17(24)10-18(20)25)19-11-22(36-29-19,21(30)33-8)15(7)34-37(31,32)23(26,27)28/h9-10,12-15H,11H2,1-8H3. The maximum Gasteiger partial charge on any atom is 0.523 e. The van der Waals surface area contributed by atoms with Gasteiger partial charge in [0.2, 0.25) is 0 Å². The second-order valence-corrected chi connectivity index (χ2v) is 17.4. The van der Waals surface area contributed by atoms with Gasteiger partial charge in [-0.25, -0.2) is 9.18 Å². The molecule has 0 aromatic heterocycles. The zero-order valence-electron chi connectivity index (χ0n) is 22.3. The number of ether oxygens (including phenoxy) is 1. The monoisotopic (exact) mass is 605 g/mol. The number of rotatable bonds is 10. The Morgan fingerprint density at radius 2 is 1.63 bits per heavy atom. The maximum atomic E-state index is 15.1. The number of benzene rings is 1. The van der Waals surface area contributed by atoms with Crippen LogP contribution in [0.15, 0.2) is 17.3 Å². The first-order chi connectivity index (χ1) is 17.3. The van der Waals surface area contributed by atoms with Crippen molar-refractivity contribution in [3.05, 3.63) is 28.5 Å². The molecule has 0 saturated heterocycles. The Morgan fingerprint density at radius 3 is 2.08 bits per heavy atom. The SMILES string of the molecule is COC(=O)C1(C(C)OS(=O)(=O)C(F)(F)F)CC(c2cc(O[Si](C(C)C)(C(C)C)C(C)C)c(F)cc2Cl)=NO1. The van der Waals surface area contributed by atoms with E-state index in [9.17, 15) is 26.4 Å². The molecule has 1 aliphatic rings. The minimum absolute atomic E-state index is 0.0731.